The summed E-state index contributed by atoms with van der Waals surface area (Å²) >= 11 is 3.47. The molecule has 0 saturated carbocycles. The molecule has 0 bridgehead atoms. The standard InChI is InChI=1S/C12H12BrN3/c1-8(2)11-10(13)7-15-12(16-11)9-3-5-14-6-4-9/h3-8H,1-2H3. The van der Waals surface area contributed by atoms with Crippen LogP contribution in [0.15, 0.2) is 35.2 Å². The Morgan fingerprint density at radius 2 is 1.88 bits per heavy atom. The van der Waals surface area contributed by atoms with Crippen molar-refractivity contribution in [3.63, 3.8) is 0 Å². The molecule has 0 radical (unpaired) electrons. The van der Waals surface area contributed by atoms with Crippen LogP contribution in [-0.2, 0) is 0 Å². The van der Waals surface area contributed by atoms with Crippen molar-refractivity contribution in [3.05, 3.63) is 40.9 Å². The monoisotopic (exact) mass is 277 g/mol. The minimum absolute atomic E-state index is 0.373. The highest BCUT2D eigenvalue weighted by atomic mass is 79.9. The van der Waals surface area contributed by atoms with Gasteiger partial charge in [0.25, 0.3) is 0 Å². The van der Waals surface area contributed by atoms with Crippen LogP contribution in [0.5, 0.6) is 0 Å². The molecule has 0 aromatic carbocycles. The maximum absolute atomic E-state index is 4.56. The predicted octanol–water partition coefficient (Wildman–Crippen LogP) is 3.42. The Morgan fingerprint density at radius 3 is 2.50 bits per heavy atom. The zero-order valence-corrected chi connectivity index (χ0v) is 10.8. The number of halogens is 1. The van der Waals surface area contributed by atoms with Crippen molar-refractivity contribution in [2.45, 2.75) is 19.8 Å². The molecule has 0 aliphatic heterocycles. The van der Waals surface area contributed by atoms with Crippen LogP contribution in [0.25, 0.3) is 11.4 Å². The number of nitrogens with zero attached hydrogens (tertiary/aromatic N) is 3. The SMILES string of the molecule is CC(C)c1nc(-c2ccncc2)ncc1Br. The Hall–Kier alpha value is -1.29. The lowest BCUT2D eigenvalue weighted by molar-refractivity contribution is 0.809. The number of hydrogen-bond acceptors (Lipinski definition) is 3. The van der Waals surface area contributed by atoms with Gasteiger partial charge in [-0.2, -0.15) is 0 Å². The van der Waals surface area contributed by atoms with Crippen molar-refractivity contribution < 1.29 is 0 Å². The molecule has 0 aliphatic rings. The fraction of sp³-hybridized carbons (Fsp3) is 0.250. The summed E-state index contributed by atoms with van der Waals surface area (Å²) in [5.41, 5.74) is 2.02. The highest BCUT2D eigenvalue weighted by Gasteiger charge is 2.09. The average Bonchev–Trinajstić information content (AvgIpc) is 2.30. The number of rotatable bonds is 2. The summed E-state index contributed by atoms with van der Waals surface area (Å²) in [5, 5.41) is 0. The Labute approximate surface area is 103 Å². The molecule has 0 aliphatic carbocycles. The molecule has 0 fully saturated rings. The van der Waals surface area contributed by atoms with Gasteiger partial charge >= 0.3 is 0 Å². The zero-order valence-electron chi connectivity index (χ0n) is 9.18. The van der Waals surface area contributed by atoms with Crippen LogP contribution < -0.4 is 0 Å². The normalized spacial score (nSPS) is 10.8. The van der Waals surface area contributed by atoms with Gasteiger partial charge in [0.1, 0.15) is 0 Å². The summed E-state index contributed by atoms with van der Waals surface area (Å²) < 4.78 is 0.959. The number of hydrogen-bond donors (Lipinski definition) is 0. The fourth-order valence-corrected chi connectivity index (χ4v) is 2.07. The maximum atomic E-state index is 4.56. The van der Waals surface area contributed by atoms with Crippen LogP contribution in [0.4, 0.5) is 0 Å². The third-order valence-electron chi connectivity index (χ3n) is 2.26. The van der Waals surface area contributed by atoms with E-state index in [9.17, 15) is 0 Å². The van der Waals surface area contributed by atoms with E-state index in [-0.39, 0.29) is 0 Å². The van der Waals surface area contributed by atoms with E-state index in [1.165, 1.54) is 0 Å². The molecule has 4 heteroatoms. The molecule has 3 nitrogen and oxygen atoms in total. The highest BCUT2D eigenvalue weighted by Crippen LogP contribution is 2.24. The Balaban J connectivity index is 2.48. The molecular formula is C12H12BrN3. The van der Waals surface area contributed by atoms with Gasteiger partial charge in [-0.3, -0.25) is 4.98 Å². The van der Waals surface area contributed by atoms with Crippen molar-refractivity contribution in [2.75, 3.05) is 0 Å². The van der Waals surface area contributed by atoms with E-state index in [1.54, 1.807) is 18.6 Å². The molecule has 16 heavy (non-hydrogen) atoms. The molecule has 0 unspecified atom stereocenters. The van der Waals surface area contributed by atoms with E-state index in [0.29, 0.717) is 5.92 Å². The average molecular weight is 278 g/mol. The Bertz CT molecular complexity index is 483. The molecule has 2 aromatic heterocycles. The quantitative estimate of drug-likeness (QED) is 0.844. The van der Waals surface area contributed by atoms with Crippen molar-refractivity contribution in [3.8, 4) is 11.4 Å². The van der Waals surface area contributed by atoms with Crippen molar-refractivity contribution in [2.24, 2.45) is 0 Å². The van der Waals surface area contributed by atoms with Crippen molar-refractivity contribution in [1.82, 2.24) is 15.0 Å². The molecule has 0 saturated heterocycles. The van der Waals surface area contributed by atoms with Gasteiger partial charge < -0.3 is 0 Å². The van der Waals surface area contributed by atoms with Gasteiger partial charge in [-0.15, -0.1) is 0 Å². The van der Waals surface area contributed by atoms with Gasteiger partial charge in [0.05, 0.1) is 10.2 Å². The largest absolute Gasteiger partial charge is 0.265 e. The Morgan fingerprint density at radius 1 is 1.19 bits per heavy atom. The maximum Gasteiger partial charge on any atom is 0.159 e. The fourth-order valence-electron chi connectivity index (χ4n) is 1.43. The van der Waals surface area contributed by atoms with E-state index in [4.69, 9.17) is 0 Å². The van der Waals surface area contributed by atoms with Gasteiger partial charge in [0.15, 0.2) is 5.82 Å². The first-order valence-electron chi connectivity index (χ1n) is 5.11. The summed E-state index contributed by atoms with van der Waals surface area (Å²) in [6.45, 7) is 4.23. The molecule has 0 amide bonds. The number of aromatic nitrogens is 3. The first kappa shape index (κ1) is 11.2. The summed E-state index contributed by atoms with van der Waals surface area (Å²) in [7, 11) is 0. The molecule has 0 N–H and O–H groups in total. The van der Waals surface area contributed by atoms with E-state index in [0.717, 1.165) is 21.6 Å². The second-order valence-corrected chi connectivity index (χ2v) is 4.67. The van der Waals surface area contributed by atoms with Crippen LogP contribution >= 0.6 is 15.9 Å². The van der Waals surface area contributed by atoms with Crippen LogP contribution in [0.3, 0.4) is 0 Å². The van der Waals surface area contributed by atoms with Crippen LogP contribution in [0, 0.1) is 0 Å². The lowest BCUT2D eigenvalue weighted by Gasteiger charge is -2.08. The van der Waals surface area contributed by atoms with Crippen LogP contribution in [0.1, 0.15) is 25.5 Å². The van der Waals surface area contributed by atoms with Crippen molar-refractivity contribution in [1.29, 1.82) is 0 Å². The summed E-state index contributed by atoms with van der Waals surface area (Å²) in [4.78, 5) is 12.8. The topological polar surface area (TPSA) is 38.7 Å². The van der Waals surface area contributed by atoms with E-state index >= 15 is 0 Å². The second kappa shape index (κ2) is 4.70. The van der Waals surface area contributed by atoms with Gasteiger partial charge in [-0.1, -0.05) is 13.8 Å². The third kappa shape index (κ3) is 2.27. The summed E-state index contributed by atoms with van der Waals surface area (Å²) in [5.74, 6) is 1.12. The van der Waals surface area contributed by atoms with E-state index in [1.807, 2.05) is 12.1 Å². The number of pyridine rings is 1. The highest BCUT2D eigenvalue weighted by molar-refractivity contribution is 9.10. The smallest absolute Gasteiger partial charge is 0.159 e. The summed E-state index contributed by atoms with van der Waals surface area (Å²) in [6.07, 6.45) is 5.30. The second-order valence-electron chi connectivity index (χ2n) is 3.82. The van der Waals surface area contributed by atoms with Crippen LogP contribution in [-0.4, -0.2) is 15.0 Å². The van der Waals surface area contributed by atoms with E-state index in [2.05, 4.69) is 44.7 Å². The van der Waals surface area contributed by atoms with Gasteiger partial charge in [-0.05, 0) is 34.0 Å². The molecule has 0 spiro atoms. The van der Waals surface area contributed by atoms with Gasteiger partial charge in [-0.25, -0.2) is 9.97 Å². The molecule has 0 atom stereocenters. The first-order chi connectivity index (χ1) is 7.68. The lowest BCUT2D eigenvalue weighted by Crippen LogP contribution is -1.98. The molecule has 82 valence electrons. The predicted molar refractivity (Wildman–Crippen MR) is 67.1 cm³/mol. The Kier molecular flexibility index (Phi) is 3.29. The van der Waals surface area contributed by atoms with Gasteiger partial charge in [0.2, 0.25) is 0 Å². The summed E-state index contributed by atoms with van der Waals surface area (Å²) in [6, 6.07) is 3.82. The lowest BCUT2D eigenvalue weighted by atomic mass is 10.1. The minimum Gasteiger partial charge on any atom is -0.265 e. The molecule has 2 rings (SSSR count). The third-order valence-corrected chi connectivity index (χ3v) is 2.87. The van der Waals surface area contributed by atoms with Gasteiger partial charge in [0, 0.05) is 24.2 Å². The van der Waals surface area contributed by atoms with Crippen molar-refractivity contribution >= 4 is 15.9 Å². The molecular weight excluding hydrogens is 266 g/mol. The first-order valence-corrected chi connectivity index (χ1v) is 5.90. The zero-order chi connectivity index (χ0) is 11.5. The minimum atomic E-state index is 0.373. The van der Waals surface area contributed by atoms with Crippen LogP contribution in [0.2, 0.25) is 0 Å². The molecule has 2 heterocycles. The molecule has 2 aromatic rings. The van der Waals surface area contributed by atoms with E-state index < -0.39 is 0 Å².